The third kappa shape index (κ3) is 8.06. The summed E-state index contributed by atoms with van der Waals surface area (Å²) >= 11 is 5.94. The van der Waals surface area contributed by atoms with Gasteiger partial charge in [-0.1, -0.05) is 23.7 Å². The fraction of sp³-hybridized carbons (Fsp3) is 0.333. The molecule has 0 bridgehead atoms. The molecule has 2 aliphatic heterocycles. The first-order chi connectivity index (χ1) is 20.2. The molecule has 0 spiro atoms. The third-order valence-corrected chi connectivity index (χ3v) is 7.20. The summed E-state index contributed by atoms with van der Waals surface area (Å²) in [7, 11) is 0. The highest BCUT2D eigenvalue weighted by atomic mass is 35.5. The molecule has 3 aromatic rings. The largest absolute Gasteiger partial charge is 0.457 e. The zero-order chi connectivity index (χ0) is 30.1. The van der Waals surface area contributed by atoms with Gasteiger partial charge in [-0.3, -0.25) is 9.80 Å². The van der Waals surface area contributed by atoms with E-state index in [2.05, 4.69) is 10.6 Å². The normalized spacial score (nSPS) is 17.4. The first-order valence-corrected chi connectivity index (χ1v) is 13.8. The number of amides is 2. The molecular formula is C30H31ClF3N5O3. The minimum absolute atomic E-state index is 0.231. The molecule has 2 amide bonds. The number of urea groups is 1. The quantitative estimate of drug-likeness (QED) is 0.241. The lowest BCUT2D eigenvalue weighted by Gasteiger charge is -2.27. The van der Waals surface area contributed by atoms with Gasteiger partial charge in [0.25, 0.3) is 0 Å². The van der Waals surface area contributed by atoms with Crippen LogP contribution in [0.5, 0.6) is 11.5 Å². The second-order valence-electron chi connectivity index (χ2n) is 9.72. The van der Waals surface area contributed by atoms with E-state index in [-0.39, 0.29) is 6.03 Å². The molecule has 0 aromatic heterocycles. The summed E-state index contributed by atoms with van der Waals surface area (Å²) in [6.07, 6.45) is -2.45. The number of carbonyl (C=O) groups excluding carboxylic acids is 1. The van der Waals surface area contributed by atoms with Crippen LogP contribution in [0.3, 0.4) is 0 Å². The number of ether oxygens (including phenoxy) is 2. The zero-order valence-electron chi connectivity index (χ0n) is 22.8. The number of nitriles is 1. The van der Waals surface area contributed by atoms with Gasteiger partial charge in [0, 0.05) is 43.4 Å². The molecule has 1 unspecified atom stereocenters. The number of hydrogen-bond acceptors (Lipinski definition) is 6. The molecule has 2 heterocycles. The van der Waals surface area contributed by atoms with Crippen LogP contribution in [0.25, 0.3) is 0 Å². The molecule has 42 heavy (non-hydrogen) atoms. The number of morpholine rings is 1. The minimum atomic E-state index is -4.47. The summed E-state index contributed by atoms with van der Waals surface area (Å²) in [6, 6.07) is 18.4. The van der Waals surface area contributed by atoms with Gasteiger partial charge in [-0.15, -0.1) is 0 Å². The van der Waals surface area contributed by atoms with Crippen molar-refractivity contribution in [2.45, 2.75) is 18.6 Å². The number of carbonyl (C=O) groups is 1. The lowest BCUT2D eigenvalue weighted by molar-refractivity contribution is -0.137. The van der Waals surface area contributed by atoms with Crippen LogP contribution in [0.15, 0.2) is 72.8 Å². The summed E-state index contributed by atoms with van der Waals surface area (Å²) in [4.78, 5) is 19.2. The van der Waals surface area contributed by atoms with E-state index in [1.54, 1.807) is 64.4 Å². The van der Waals surface area contributed by atoms with Gasteiger partial charge in [-0.05, 0) is 72.6 Å². The maximum absolute atomic E-state index is 13.6. The Bertz CT molecular complexity index is 1360. The summed E-state index contributed by atoms with van der Waals surface area (Å²) < 4.78 is 51.7. The minimum Gasteiger partial charge on any atom is -0.457 e. The third-order valence-electron chi connectivity index (χ3n) is 6.95. The molecule has 8 nitrogen and oxygen atoms in total. The second kappa shape index (κ2) is 14.3. The number of halogens is 4. The Hall–Kier alpha value is -3.98. The molecule has 2 saturated heterocycles. The Morgan fingerprint density at radius 3 is 2.24 bits per heavy atom. The number of nitrogens with zero attached hydrogens (tertiary/aromatic N) is 4. The van der Waals surface area contributed by atoms with Gasteiger partial charge in [0.2, 0.25) is 0 Å². The topological polar surface area (TPSA) is 95.1 Å². The number of alkyl halides is 3. The van der Waals surface area contributed by atoms with Gasteiger partial charge in [0.15, 0.2) is 6.19 Å². The Morgan fingerprint density at radius 2 is 1.62 bits per heavy atom. The van der Waals surface area contributed by atoms with E-state index >= 15 is 0 Å². The maximum atomic E-state index is 13.6. The molecule has 3 aromatic carbocycles. The van der Waals surface area contributed by atoms with Gasteiger partial charge < -0.3 is 20.1 Å². The van der Waals surface area contributed by atoms with Crippen molar-refractivity contribution in [3.8, 4) is 17.7 Å². The van der Waals surface area contributed by atoms with Crippen LogP contribution in [-0.2, 0) is 10.9 Å². The Kier molecular flexibility index (Phi) is 10.5. The summed E-state index contributed by atoms with van der Waals surface area (Å²) in [5, 5.41) is 7.69. The number of hydrogen-bond donors (Lipinski definition) is 1. The molecule has 2 fully saturated rings. The SMILES string of the molecule is N#CN.O=C1N(CCCN2CCOCC2)CC(c2cccc(C(F)(F)F)c2)N1c1ccc(Oc2ccc(Cl)cc2)cc1. The zero-order valence-corrected chi connectivity index (χ0v) is 23.5. The summed E-state index contributed by atoms with van der Waals surface area (Å²) in [5.41, 5.74) is 4.45. The molecule has 0 saturated carbocycles. The number of anilines is 1. The highest BCUT2D eigenvalue weighted by molar-refractivity contribution is 6.30. The first kappa shape index (κ1) is 31.0. The van der Waals surface area contributed by atoms with Crippen molar-refractivity contribution in [2.24, 2.45) is 5.73 Å². The fourth-order valence-electron chi connectivity index (χ4n) is 4.93. The average molecular weight is 602 g/mol. The van der Waals surface area contributed by atoms with Crippen molar-refractivity contribution in [2.75, 3.05) is 50.8 Å². The predicted octanol–water partition coefficient (Wildman–Crippen LogP) is 6.28. The number of nitrogens with two attached hydrogens (primary N) is 1. The van der Waals surface area contributed by atoms with E-state index in [4.69, 9.17) is 26.3 Å². The molecule has 12 heteroatoms. The van der Waals surface area contributed by atoms with Crippen LogP contribution in [0.1, 0.15) is 23.6 Å². The van der Waals surface area contributed by atoms with Crippen LogP contribution >= 0.6 is 11.6 Å². The van der Waals surface area contributed by atoms with Crippen molar-refractivity contribution in [1.82, 2.24) is 9.80 Å². The molecule has 0 radical (unpaired) electrons. The second-order valence-corrected chi connectivity index (χ2v) is 10.2. The Balaban J connectivity index is 0.00000129. The standard InChI is InChI=1S/C29H29ClF3N3O3.CH2N2/c30-23-5-9-25(10-6-23)39-26-11-7-24(8-12-26)36-27(21-3-1-4-22(19-21)29(31,32)33)20-35(28(36)37)14-2-13-34-15-17-38-18-16-34;2-1-3/h1,3-12,19,27H,2,13-18,20H2;2H2. The summed E-state index contributed by atoms with van der Waals surface area (Å²) in [6.45, 7) is 4.76. The van der Waals surface area contributed by atoms with Crippen LogP contribution in [0.2, 0.25) is 5.02 Å². The van der Waals surface area contributed by atoms with Crippen molar-refractivity contribution < 1.29 is 27.4 Å². The van der Waals surface area contributed by atoms with Gasteiger partial charge in [-0.2, -0.15) is 18.4 Å². The molecule has 5 rings (SSSR count). The Labute approximate surface area is 247 Å². The van der Waals surface area contributed by atoms with E-state index in [9.17, 15) is 18.0 Å². The van der Waals surface area contributed by atoms with E-state index in [0.717, 1.165) is 38.2 Å². The number of rotatable bonds is 8. The highest BCUT2D eigenvalue weighted by Gasteiger charge is 2.40. The van der Waals surface area contributed by atoms with Gasteiger partial charge >= 0.3 is 12.2 Å². The molecule has 1 atom stereocenters. The van der Waals surface area contributed by atoms with Crippen LogP contribution < -0.4 is 15.4 Å². The molecule has 2 N–H and O–H groups in total. The van der Waals surface area contributed by atoms with Crippen LogP contribution in [-0.4, -0.2) is 61.8 Å². The Morgan fingerprint density at radius 1 is 1.00 bits per heavy atom. The molecule has 2 aliphatic rings. The van der Waals surface area contributed by atoms with E-state index in [0.29, 0.717) is 54.1 Å². The monoisotopic (exact) mass is 601 g/mol. The summed E-state index contributed by atoms with van der Waals surface area (Å²) in [5.74, 6) is 1.17. The smallest absolute Gasteiger partial charge is 0.416 e. The van der Waals surface area contributed by atoms with E-state index in [1.165, 1.54) is 12.3 Å². The van der Waals surface area contributed by atoms with Gasteiger partial charge in [0.05, 0.1) is 24.8 Å². The lowest BCUT2D eigenvalue weighted by Crippen LogP contribution is -2.39. The molecule has 222 valence electrons. The predicted molar refractivity (Wildman–Crippen MR) is 153 cm³/mol. The lowest BCUT2D eigenvalue weighted by atomic mass is 10.0. The van der Waals surface area contributed by atoms with Crippen molar-refractivity contribution in [3.63, 3.8) is 0 Å². The average Bonchev–Trinajstić information content (AvgIpc) is 3.31. The van der Waals surface area contributed by atoms with Crippen molar-refractivity contribution in [3.05, 3.63) is 88.9 Å². The fourth-order valence-corrected chi connectivity index (χ4v) is 5.06. The van der Waals surface area contributed by atoms with E-state index in [1.807, 2.05) is 0 Å². The molecular weight excluding hydrogens is 571 g/mol. The van der Waals surface area contributed by atoms with Crippen LogP contribution in [0, 0.1) is 11.5 Å². The van der Waals surface area contributed by atoms with Crippen LogP contribution in [0.4, 0.5) is 23.7 Å². The van der Waals surface area contributed by atoms with Crippen molar-refractivity contribution in [1.29, 1.82) is 5.26 Å². The van der Waals surface area contributed by atoms with Crippen molar-refractivity contribution >= 4 is 23.3 Å². The highest BCUT2D eigenvalue weighted by Crippen LogP contribution is 2.38. The maximum Gasteiger partial charge on any atom is 0.416 e. The van der Waals surface area contributed by atoms with Gasteiger partial charge in [0.1, 0.15) is 11.5 Å². The van der Waals surface area contributed by atoms with Gasteiger partial charge in [-0.25, -0.2) is 4.79 Å². The molecule has 0 aliphatic carbocycles. The number of benzene rings is 3. The first-order valence-electron chi connectivity index (χ1n) is 13.4. The van der Waals surface area contributed by atoms with E-state index < -0.39 is 17.8 Å².